The number of hydrogen-bond acceptors (Lipinski definition) is 2. The molecular formula is C15H18N2O. The summed E-state index contributed by atoms with van der Waals surface area (Å²) in [4.78, 5) is 11.7. The van der Waals surface area contributed by atoms with Gasteiger partial charge in [-0.05, 0) is 30.4 Å². The molecule has 0 saturated carbocycles. The van der Waals surface area contributed by atoms with Gasteiger partial charge in [-0.2, -0.15) is 0 Å². The number of nitrogens with one attached hydrogen (secondary N) is 2. The highest BCUT2D eigenvalue weighted by Crippen LogP contribution is 2.20. The topological polar surface area (TPSA) is 41.1 Å². The number of rotatable bonds is 4. The van der Waals surface area contributed by atoms with Crippen LogP contribution in [-0.2, 0) is 17.6 Å². The van der Waals surface area contributed by atoms with E-state index < -0.39 is 0 Å². The molecule has 1 aromatic carbocycles. The zero-order valence-electron chi connectivity index (χ0n) is 10.4. The number of fused-ring (bicyclic) bond motifs is 1. The van der Waals surface area contributed by atoms with E-state index in [9.17, 15) is 4.79 Å². The molecule has 1 aromatic rings. The van der Waals surface area contributed by atoms with E-state index in [0.717, 1.165) is 19.3 Å². The molecule has 0 spiro atoms. The van der Waals surface area contributed by atoms with Gasteiger partial charge in [-0.15, -0.1) is 6.42 Å². The minimum Gasteiger partial charge on any atom is -0.352 e. The predicted octanol–water partition coefficient (Wildman–Crippen LogP) is 0.883. The van der Waals surface area contributed by atoms with Gasteiger partial charge in [0.1, 0.15) is 0 Å². The van der Waals surface area contributed by atoms with Crippen LogP contribution in [0.1, 0.15) is 17.5 Å². The summed E-state index contributed by atoms with van der Waals surface area (Å²) in [6.45, 7) is 0.725. The molecule has 0 bridgehead atoms. The minimum atomic E-state index is 0.0228. The second kappa shape index (κ2) is 6.23. The van der Waals surface area contributed by atoms with Crippen LogP contribution in [0.25, 0.3) is 0 Å². The fourth-order valence-electron chi connectivity index (χ4n) is 2.35. The van der Waals surface area contributed by atoms with Crippen LogP contribution >= 0.6 is 0 Å². The molecule has 0 aromatic heterocycles. The van der Waals surface area contributed by atoms with Crippen molar-refractivity contribution in [3.05, 3.63) is 35.4 Å². The molecule has 0 saturated heterocycles. The minimum absolute atomic E-state index is 0.0228. The van der Waals surface area contributed by atoms with Gasteiger partial charge in [-0.25, -0.2) is 0 Å². The third-order valence-electron chi connectivity index (χ3n) is 3.22. The Morgan fingerprint density at radius 3 is 2.94 bits per heavy atom. The van der Waals surface area contributed by atoms with Crippen LogP contribution in [0.5, 0.6) is 0 Å². The first-order valence-electron chi connectivity index (χ1n) is 6.30. The first-order chi connectivity index (χ1) is 8.79. The van der Waals surface area contributed by atoms with Crippen molar-refractivity contribution in [2.45, 2.75) is 25.3 Å². The van der Waals surface area contributed by atoms with E-state index in [1.165, 1.54) is 11.1 Å². The van der Waals surface area contributed by atoms with E-state index in [1.54, 1.807) is 0 Å². The maximum absolute atomic E-state index is 11.7. The highest BCUT2D eigenvalue weighted by atomic mass is 16.1. The van der Waals surface area contributed by atoms with Crippen LogP contribution in [-0.4, -0.2) is 25.0 Å². The van der Waals surface area contributed by atoms with Gasteiger partial charge in [0.25, 0.3) is 0 Å². The third-order valence-corrected chi connectivity index (χ3v) is 3.22. The molecule has 0 radical (unpaired) electrons. The van der Waals surface area contributed by atoms with Gasteiger partial charge in [0, 0.05) is 6.04 Å². The molecule has 3 heteroatoms. The normalized spacial score (nSPS) is 17.6. The average Bonchev–Trinajstić information content (AvgIpc) is 2.39. The van der Waals surface area contributed by atoms with Gasteiger partial charge in [0.05, 0.1) is 13.1 Å². The van der Waals surface area contributed by atoms with Gasteiger partial charge in [-0.3, -0.25) is 10.1 Å². The lowest BCUT2D eigenvalue weighted by Gasteiger charge is -2.25. The lowest BCUT2D eigenvalue weighted by molar-refractivity contribution is -0.120. The fraction of sp³-hybridized carbons (Fsp3) is 0.400. The Labute approximate surface area is 108 Å². The molecular weight excluding hydrogens is 224 g/mol. The summed E-state index contributed by atoms with van der Waals surface area (Å²) in [5.74, 6) is 2.47. The summed E-state index contributed by atoms with van der Waals surface area (Å²) in [6.07, 6.45) is 8.09. The molecule has 18 heavy (non-hydrogen) atoms. The first-order valence-corrected chi connectivity index (χ1v) is 6.30. The van der Waals surface area contributed by atoms with E-state index in [-0.39, 0.29) is 11.9 Å². The van der Waals surface area contributed by atoms with Gasteiger partial charge >= 0.3 is 0 Å². The predicted molar refractivity (Wildman–Crippen MR) is 72.1 cm³/mol. The highest BCUT2D eigenvalue weighted by molar-refractivity contribution is 5.78. The number of amides is 1. The Balaban J connectivity index is 1.83. The van der Waals surface area contributed by atoms with Gasteiger partial charge in [0.2, 0.25) is 5.91 Å². The Bertz CT molecular complexity index is 462. The van der Waals surface area contributed by atoms with Crippen molar-refractivity contribution >= 4 is 5.91 Å². The molecule has 94 valence electrons. The number of aryl methyl sites for hydroxylation is 1. The number of carbonyl (C=O) groups excluding carboxylic acids is 1. The number of terminal acetylenes is 1. The molecule has 2 N–H and O–H groups in total. The maximum Gasteiger partial charge on any atom is 0.234 e. The Morgan fingerprint density at radius 2 is 2.17 bits per heavy atom. The number of hydrogen-bond donors (Lipinski definition) is 2. The second-order valence-electron chi connectivity index (χ2n) is 4.58. The maximum atomic E-state index is 11.7. The quantitative estimate of drug-likeness (QED) is 0.608. The van der Waals surface area contributed by atoms with Crippen LogP contribution < -0.4 is 10.6 Å². The smallest absolute Gasteiger partial charge is 0.234 e. The van der Waals surface area contributed by atoms with Gasteiger partial charge in [0.15, 0.2) is 0 Å². The Hall–Kier alpha value is -1.79. The molecule has 1 aliphatic carbocycles. The highest BCUT2D eigenvalue weighted by Gasteiger charge is 2.19. The summed E-state index contributed by atoms with van der Waals surface area (Å²) >= 11 is 0. The van der Waals surface area contributed by atoms with Crippen molar-refractivity contribution in [3.8, 4) is 12.3 Å². The average molecular weight is 242 g/mol. The number of carbonyl (C=O) groups is 1. The van der Waals surface area contributed by atoms with Crippen molar-refractivity contribution in [2.75, 3.05) is 13.1 Å². The molecule has 2 rings (SSSR count). The van der Waals surface area contributed by atoms with Crippen LogP contribution in [0.4, 0.5) is 0 Å². The standard InChI is InChI=1S/C15H18N2O/c1-2-9-16-11-15(18)17-14-8-7-12-5-3-4-6-13(12)10-14/h1,3-6,14,16H,7-11H2,(H,17,18). The second-order valence-corrected chi connectivity index (χ2v) is 4.58. The lowest BCUT2D eigenvalue weighted by atomic mass is 9.88. The van der Waals surface area contributed by atoms with Crippen molar-refractivity contribution in [1.29, 1.82) is 0 Å². The van der Waals surface area contributed by atoms with E-state index in [1.807, 2.05) is 0 Å². The summed E-state index contributed by atoms with van der Waals surface area (Å²) < 4.78 is 0. The van der Waals surface area contributed by atoms with E-state index in [0.29, 0.717) is 13.1 Å². The summed E-state index contributed by atoms with van der Waals surface area (Å²) in [5.41, 5.74) is 2.76. The zero-order valence-corrected chi connectivity index (χ0v) is 10.4. The zero-order chi connectivity index (χ0) is 12.8. The molecule has 0 heterocycles. The fourth-order valence-corrected chi connectivity index (χ4v) is 2.35. The van der Waals surface area contributed by atoms with Crippen molar-refractivity contribution < 1.29 is 4.79 Å². The third kappa shape index (κ3) is 3.35. The summed E-state index contributed by atoms with van der Waals surface area (Å²) in [7, 11) is 0. The van der Waals surface area contributed by atoms with Crippen molar-refractivity contribution in [1.82, 2.24) is 10.6 Å². The van der Waals surface area contributed by atoms with Gasteiger partial charge in [-0.1, -0.05) is 30.2 Å². The molecule has 0 aliphatic heterocycles. The van der Waals surface area contributed by atoms with Crippen LogP contribution in [0.2, 0.25) is 0 Å². The molecule has 3 nitrogen and oxygen atoms in total. The van der Waals surface area contributed by atoms with E-state index >= 15 is 0 Å². The summed E-state index contributed by atoms with van der Waals surface area (Å²) in [6, 6.07) is 8.69. The Morgan fingerprint density at radius 1 is 1.39 bits per heavy atom. The monoisotopic (exact) mass is 242 g/mol. The lowest BCUT2D eigenvalue weighted by Crippen LogP contribution is -2.43. The SMILES string of the molecule is C#CCNCC(=O)NC1CCc2ccccc2C1. The van der Waals surface area contributed by atoms with Crippen molar-refractivity contribution in [3.63, 3.8) is 0 Å². The molecule has 1 aliphatic rings. The largest absolute Gasteiger partial charge is 0.352 e. The molecule has 1 amide bonds. The summed E-state index contributed by atoms with van der Waals surface area (Å²) in [5, 5.41) is 5.94. The van der Waals surface area contributed by atoms with Crippen LogP contribution in [0.3, 0.4) is 0 Å². The number of benzene rings is 1. The van der Waals surface area contributed by atoms with Crippen LogP contribution in [0, 0.1) is 12.3 Å². The van der Waals surface area contributed by atoms with Crippen LogP contribution in [0.15, 0.2) is 24.3 Å². The molecule has 0 fully saturated rings. The Kier molecular flexibility index (Phi) is 4.38. The first kappa shape index (κ1) is 12.7. The van der Waals surface area contributed by atoms with E-state index in [2.05, 4.69) is 40.8 Å². The van der Waals surface area contributed by atoms with Gasteiger partial charge < -0.3 is 5.32 Å². The van der Waals surface area contributed by atoms with E-state index in [4.69, 9.17) is 6.42 Å². The molecule has 1 unspecified atom stereocenters. The molecule has 1 atom stereocenters. The van der Waals surface area contributed by atoms with Crippen molar-refractivity contribution in [2.24, 2.45) is 0 Å².